The van der Waals surface area contributed by atoms with Crippen LogP contribution in [0.2, 0.25) is 5.02 Å². The SMILES string of the molecule is COCCN1C(C)CN(C(=O)CCc2ccccc2Cl)CC1C. The van der Waals surface area contributed by atoms with Crippen molar-refractivity contribution < 1.29 is 9.53 Å². The van der Waals surface area contributed by atoms with Crippen LogP contribution in [0.4, 0.5) is 0 Å². The van der Waals surface area contributed by atoms with Gasteiger partial charge in [-0.2, -0.15) is 0 Å². The molecule has 0 N–H and O–H groups in total. The monoisotopic (exact) mass is 338 g/mol. The number of piperazine rings is 1. The number of halogens is 1. The van der Waals surface area contributed by atoms with Gasteiger partial charge < -0.3 is 9.64 Å². The third-order valence-electron chi connectivity index (χ3n) is 4.57. The molecule has 1 aliphatic heterocycles. The van der Waals surface area contributed by atoms with Crippen LogP contribution < -0.4 is 0 Å². The molecule has 5 heteroatoms. The maximum absolute atomic E-state index is 12.5. The molecule has 0 saturated carbocycles. The first-order chi connectivity index (χ1) is 11.0. The first-order valence-corrected chi connectivity index (χ1v) is 8.66. The van der Waals surface area contributed by atoms with Gasteiger partial charge in [0.05, 0.1) is 6.61 Å². The highest BCUT2D eigenvalue weighted by molar-refractivity contribution is 6.31. The lowest BCUT2D eigenvalue weighted by molar-refractivity contribution is -0.135. The standard InChI is InChI=1S/C18H27ClN2O2/c1-14-12-20(13-15(2)21(14)10-11-23-3)18(22)9-8-16-6-4-5-7-17(16)19/h4-7,14-15H,8-13H2,1-3H3. The summed E-state index contributed by atoms with van der Waals surface area (Å²) in [6, 6.07) is 8.46. The second-order valence-corrected chi connectivity index (χ2v) is 6.73. The fourth-order valence-electron chi connectivity index (χ4n) is 3.30. The largest absolute Gasteiger partial charge is 0.383 e. The van der Waals surface area contributed by atoms with E-state index in [1.54, 1.807) is 7.11 Å². The van der Waals surface area contributed by atoms with E-state index in [1.807, 2.05) is 29.2 Å². The molecule has 4 nitrogen and oxygen atoms in total. The van der Waals surface area contributed by atoms with Gasteiger partial charge in [0, 0.05) is 50.3 Å². The van der Waals surface area contributed by atoms with Crippen LogP contribution in [0, 0.1) is 0 Å². The van der Waals surface area contributed by atoms with Crippen molar-refractivity contribution in [2.24, 2.45) is 0 Å². The van der Waals surface area contributed by atoms with Crippen molar-refractivity contribution in [1.82, 2.24) is 9.80 Å². The smallest absolute Gasteiger partial charge is 0.223 e. The highest BCUT2D eigenvalue weighted by atomic mass is 35.5. The molecular formula is C18H27ClN2O2. The molecule has 23 heavy (non-hydrogen) atoms. The second-order valence-electron chi connectivity index (χ2n) is 6.32. The molecule has 2 atom stereocenters. The molecule has 1 fully saturated rings. The topological polar surface area (TPSA) is 32.8 Å². The maximum atomic E-state index is 12.5. The molecular weight excluding hydrogens is 312 g/mol. The van der Waals surface area contributed by atoms with E-state index in [2.05, 4.69) is 18.7 Å². The van der Waals surface area contributed by atoms with E-state index in [9.17, 15) is 4.79 Å². The lowest BCUT2D eigenvalue weighted by atomic mass is 10.1. The van der Waals surface area contributed by atoms with Crippen LogP contribution >= 0.6 is 11.6 Å². The fraction of sp³-hybridized carbons (Fsp3) is 0.611. The van der Waals surface area contributed by atoms with Gasteiger partial charge in [-0.15, -0.1) is 0 Å². The number of aryl methyl sites for hydroxylation is 1. The Morgan fingerprint density at radius 1 is 1.26 bits per heavy atom. The third-order valence-corrected chi connectivity index (χ3v) is 4.94. The van der Waals surface area contributed by atoms with Crippen LogP contribution in [0.5, 0.6) is 0 Å². The minimum Gasteiger partial charge on any atom is -0.383 e. The second kappa shape index (κ2) is 8.67. The quantitative estimate of drug-likeness (QED) is 0.799. The summed E-state index contributed by atoms with van der Waals surface area (Å²) in [6.07, 6.45) is 1.21. The van der Waals surface area contributed by atoms with Gasteiger partial charge in [0.2, 0.25) is 5.91 Å². The zero-order chi connectivity index (χ0) is 16.8. The molecule has 0 bridgehead atoms. The van der Waals surface area contributed by atoms with Crippen molar-refractivity contribution in [2.75, 3.05) is 33.4 Å². The lowest BCUT2D eigenvalue weighted by Crippen LogP contribution is -2.58. The van der Waals surface area contributed by atoms with Crippen molar-refractivity contribution in [2.45, 2.75) is 38.8 Å². The van der Waals surface area contributed by atoms with Gasteiger partial charge in [0.1, 0.15) is 0 Å². The van der Waals surface area contributed by atoms with Crippen LogP contribution in [-0.2, 0) is 16.0 Å². The molecule has 0 aromatic heterocycles. The Bertz CT molecular complexity index is 511. The number of ether oxygens (including phenoxy) is 1. The normalized spacial score (nSPS) is 22.3. The number of methoxy groups -OCH3 is 1. The van der Waals surface area contributed by atoms with E-state index in [1.165, 1.54) is 0 Å². The summed E-state index contributed by atoms with van der Waals surface area (Å²) >= 11 is 6.16. The number of nitrogens with zero attached hydrogens (tertiary/aromatic N) is 2. The van der Waals surface area contributed by atoms with Crippen molar-refractivity contribution >= 4 is 17.5 Å². The molecule has 0 aliphatic carbocycles. The van der Waals surface area contributed by atoms with Crippen LogP contribution in [0.1, 0.15) is 25.8 Å². The molecule has 2 rings (SSSR count). The van der Waals surface area contributed by atoms with Crippen molar-refractivity contribution in [3.8, 4) is 0 Å². The number of rotatable bonds is 6. The fourth-order valence-corrected chi connectivity index (χ4v) is 3.53. The Morgan fingerprint density at radius 3 is 2.52 bits per heavy atom. The summed E-state index contributed by atoms with van der Waals surface area (Å²) in [5.41, 5.74) is 1.04. The van der Waals surface area contributed by atoms with E-state index >= 15 is 0 Å². The summed E-state index contributed by atoms with van der Waals surface area (Å²) in [5.74, 6) is 0.218. The molecule has 128 valence electrons. The molecule has 1 amide bonds. The Balaban J connectivity index is 1.87. The summed E-state index contributed by atoms with van der Waals surface area (Å²) in [5, 5.41) is 0.742. The van der Waals surface area contributed by atoms with Gasteiger partial charge in [0.25, 0.3) is 0 Å². The van der Waals surface area contributed by atoms with E-state index in [-0.39, 0.29) is 5.91 Å². The number of amides is 1. The predicted octanol–water partition coefficient (Wildman–Crippen LogP) is 2.84. The van der Waals surface area contributed by atoms with E-state index in [0.29, 0.717) is 24.9 Å². The van der Waals surface area contributed by atoms with Crippen molar-refractivity contribution in [3.63, 3.8) is 0 Å². The number of hydrogen-bond donors (Lipinski definition) is 0. The van der Waals surface area contributed by atoms with Gasteiger partial charge in [-0.25, -0.2) is 0 Å². The molecule has 0 spiro atoms. The van der Waals surface area contributed by atoms with Gasteiger partial charge in [-0.05, 0) is 31.9 Å². The van der Waals surface area contributed by atoms with Gasteiger partial charge in [0.15, 0.2) is 0 Å². The Hall–Kier alpha value is -1.10. The predicted molar refractivity (Wildman–Crippen MR) is 93.9 cm³/mol. The van der Waals surface area contributed by atoms with E-state index < -0.39 is 0 Å². The van der Waals surface area contributed by atoms with Gasteiger partial charge >= 0.3 is 0 Å². The summed E-state index contributed by atoms with van der Waals surface area (Å²) in [7, 11) is 1.73. The zero-order valence-corrected chi connectivity index (χ0v) is 15.1. The van der Waals surface area contributed by atoms with E-state index in [4.69, 9.17) is 16.3 Å². The lowest BCUT2D eigenvalue weighted by Gasteiger charge is -2.44. The van der Waals surface area contributed by atoms with Crippen LogP contribution in [0.25, 0.3) is 0 Å². The van der Waals surface area contributed by atoms with Crippen molar-refractivity contribution in [3.05, 3.63) is 34.9 Å². The number of carbonyl (C=O) groups is 1. The minimum atomic E-state index is 0.218. The molecule has 1 aromatic rings. The molecule has 1 saturated heterocycles. The van der Waals surface area contributed by atoms with Crippen LogP contribution in [0.15, 0.2) is 24.3 Å². The maximum Gasteiger partial charge on any atom is 0.223 e. The Kier molecular flexibility index (Phi) is 6.88. The number of benzene rings is 1. The Labute approximate surface area is 144 Å². The van der Waals surface area contributed by atoms with Crippen LogP contribution in [-0.4, -0.2) is 61.1 Å². The summed E-state index contributed by atoms with van der Waals surface area (Å²) in [4.78, 5) is 16.9. The molecule has 0 radical (unpaired) electrons. The molecule has 1 aromatic carbocycles. The zero-order valence-electron chi connectivity index (χ0n) is 14.3. The summed E-state index contributed by atoms with van der Waals surface area (Å²) < 4.78 is 5.18. The third kappa shape index (κ3) is 4.93. The average Bonchev–Trinajstić information content (AvgIpc) is 2.53. The first-order valence-electron chi connectivity index (χ1n) is 8.28. The molecule has 1 heterocycles. The first kappa shape index (κ1) is 18.2. The van der Waals surface area contributed by atoms with Crippen LogP contribution in [0.3, 0.4) is 0 Å². The van der Waals surface area contributed by atoms with Gasteiger partial charge in [-0.3, -0.25) is 9.69 Å². The number of carbonyl (C=O) groups excluding carboxylic acids is 1. The summed E-state index contributed by atoms with van der Waals surface area (Å²) in [6.45, 7) is 7.58. The van der Waals surface area contributed by atoms with E-state index in [0.717, 1.165) is 36.8 Å². The molecule has 2 unspecified atom stereocenters. The van der Waals surface area contributed by atoms with Crippen molar-refractivity contribution in [1.29, 1.82) is 0 Å². The number of hydrogen-bond acceptors (Lipinski definition) is 3. The highest BCUT2D eigenvalue weighted by Gasteiger charge is 2.31. The van der Waals surface area contributed by atoms with Gasteiger partial charge in [-0.1, -0.05) is 29.8 Å². The highest BCUT2D eigenvalue weighted by Crippen LogP contribution is 2.19. The minimum absolute atomic E-state index is 0.218. The molecule has 1 aliphatic rings. The Morgan fingerprint density at radius 2 is 1.91 bits per heavy atom. The average molecular weight is 339 g/mol.